The summed E-state index contributed by atoms with van der Waals surface area (Å²) in [6.07, 6.45) is 5.97. The minimum atomic E-state index is 0.460. The Morgan fingerprint density at radius 1 is 1.25 bits per heavy atom. The van der Waals surface area contributed by atoms with Gasteiger partial charge in [0.15, 0.2) is 0 Å². The predicted octanol–water partition coefficient (Wildman–Crippen LogP) is -0.361. The zero-order valence-corrected chi connectivity index (χ0v) is 6.12. The smallest absolute Gasteiger partial charge is 0.252 e. The molecule has 6 heteroatoms. The van der Waals surface area contributed by atoms with E-state index >= 15 is 0 Å². The van der Waals surface area contributed by atoms with Gasteiger partial charge in [-0.2, -0.15) is 9.78 Å². The molecular formula is C6H6N6. The molecule has 12 heavy (non-hydrogen) atoms. The van der Waals surface area contributed by atoms with Crippen molar-refractivity contribution in [2.24, 2.45) is 0 Å². The van der Waals surface area contributed by atoms with E-state index < -0.39 is 0 Å². The number of hydrogen-bond acceptors (Lipinski definition) is 5. The molecule has 0 fully saturated rings. The van der Waals surface area contributed by atoms with E-state index in [0.717, 1.165) is 0 Å². The third-order valence-electron chi connectivity index (χ3n) is 1.28. The Kier molecular flexibility index (Phi) is 1.44. The first-order chi connectivity index (χ1) is 5.86. The molecule has 60 valence electrons. The molecule has 0 atom stereocenters. The van der Waals surface area contributed by atoms with Crippen molar-refractivity contribution in [2.45, 2.75) is 0 Å². The van der Waals surface area contributed by atoms with E-state index in [1.165, 1.54) is 29.7 Å². The summed E-state index contributed by atoms with van der Waals surface area (Å²) in [7, 11) is 0. The highest BCUT2D eigenvalue weighted by atomic mass is 15.4. The van der Waals surface area contributed by atoms with E-state index in [1.54, 1.807) is 0 Å². The van der Waals surface area contributed by atoms with Crippen LogP contribution >= 0.6 is 0 Å². The van der Waals surface area contributed by atoms with Gasteiger partial charge in [0, 0.05) is 0 Å². The fraction of sp³-hybridized carbons (Fsp3) is 0. The van der Waals surface area contributed by atoms with E-state index in [4.69, 9.17) is 5.73 Å². The van der Waals surface area contributed by atoms with Gasteiger partial charge in [-0.05, 0) is 0 Å². The Balaban J connectivity index is 2.43. The summed E-state index contributed by atoms with van der Waals surface area (Å²) in [6, 6.07) is 0. The highest BCUT2D eigenvalue weighted by Gasteiger charge is 1.97. The largest absolute Gasteiger partial charge is 0.396 e. The van der Waals surface area contributed by atoms with Crippen LogP contribution in [0, 0.1) is 0 Å². The molecule has 2 rings (SSSR count). The lowest BCUT2D eigenvalue weighted by atomic mass is 10.6. The second-order valence-electron chi connectivity index (χ2n) is 2.16. The van der Waals surface area contributed by atoms with E-state index in [1.807, 2.05) is 0 Å². The maximum Gasteiger partial charge on any atom is 0.252 e. The van der Waals surface area contributed by atoms with Gasteiger partial charge in [-0.25, -0.2) is 15.0 Å². The lowest BCUT2D eigenvalue weighted by Crippen LogP contribution is -2.01. The number of hydrogen-bond donors (Lipinski definition) is 1. The van der Waals surface area contributed by atoms with Gasteiger partial charge in [0.2, 0.25) is 0 Å². The molecule has 0 saturated heterocycles. The monoisotopic (exact) mass is 162 g/mol. The topological polar surface area (TPSA) is 82.5 Å². The van der Waals surface area contributed by atoms with Crippen molar-refractivity contribution in [1.29, 1.82) is 0 Å². The molecule has 6 nitrogen and oxygen atoms in total. The Morgan fingerprint density at radius 3 is 2.58 bits per heavy atom. The van der Waals surface area contributed by atoms with Crippen LogP contribution in [-0.4, -0.2) is 24.7 Å². The molecule has 0 aliphatic heterocycles. The Bertz CT molecular complexity index is 350. The van der Waals surface area contributed by atoms with E-state index in [0.29, 0.717) is 11.6 Å². The summed E-state index contributed by atoms with van der Waals surface area (Å²) in [4.78, 5) is 11.7. The van der Waals surface area contributed by atoms with Gasteiger partial charge < -0.3 is 5.73 Å². The van der Waals surface area contributed by atoms with Crippen molar-refractivity contribution in [3.05, 3.63) is 25.0 Å². The van der Waals surface area contributed by atoms with Gasteiger partial charge in [-0.1, -0.05) is 0 Å². The zero-order valence-electron chi connectivity index (χ0n) is 6.12. The summed E-state index contributed by atoms with van der Waals surface area (Å²) in [5, 5.41) is 3.86. The Labute approximate surface area is 68.1 Å². The average molecular weight is 162 g/mol. The predicted molar refractivity (Wildman–Crippen MR) is 41.4 cm³/mol. The highest BCUT2D eigenvalue weighted by Crippen LogP contribution is 1.98. The van der Waals surface area contributed by atoms with Crippen LogP contribution in [0.5, 0.6) is 0 Å². The molecule has 0 aliphatic rings. The lowest BCUT2D eigenvalue weighted by Gasteiger charge is -1.96. The first kappa shape index (κ1) is 6.71. The van der Waals surface area contributed by atoms with Crippen LogP contribution in [0.3, 0.4) is 0 Å². The van der Waals surface area contributed by atoms with Crippen molar-refractivity contribution in [2.75, 3.05) is 5.73 Å². The summed E-state index contributed by atoms with van der Waals surface area (Å²) >= 11 is 0. The molecule has 0 amide bonds. The third kappa shape index (κ3) is 1.09. The molecule has 0 aromatic carbocycles. The lowest BCUT2D eigenvalue weighted by molar-refractivity contribution is 0.807. The third-order valence-corrected chi connectivity index (χ3v) is 1.28. The fourth-order valence-electron chi connectivity index (χ4n) is 0.761. The summed E-state index contributed by atoms with van der Waals surface area (Å²) < 4.78 is 1.46. The Morgan fingerprint density at radius 2 is 2.00 bits per heavy atom. The second kappa shape index (κ2) is 2.57. The van der Waals surface area contributed by atoms with Gasteiger partial charge in [0.25, 0.3) is 5.95 Å². The number of aromatic nitrogens is 5. The summed E-state index contributed by atoms with van der Waals surface area (Å²) in [5.41, 5.74) is 5.94. The molecule has 0 unspecified atom stereocenters. The number of nitrogen functional groups attached to an aromatic ring is 1. The van der Waals surface area contributed by atoms with Crippen molar-refractivity contribution in [3.63, 3.8) is 0 Å². The van der Waals surface area contributed by atoms with Crippen LogP contribution in [0.2, 0.25) is 0 Å². The molecule has 2 aromatic heterocycles. The highest BCUT2D eigenvalue weighted by molar-refractivity contribution is 5.31. The molecule has 0 saturated carbocycles. The van der Waals surface area contributed by atoms with E-state index in [2.05, 4.69) is 20.1 Å². The van der Waals surface area contributed by atoms with Crippen LogP contribution < -0.4 is 5.73 Å². The van der Waals surface area contributed by atoms with Crippen molar-refractivity contribution in [1.82, 2.24) is 24.7 Å². The summed E-state index contributed by atoms with van der Waals surface area (Å²) in [5.74, 6) is 0.460. The molecule has 0 aliphatic carbocycles. The molecule has 2 heterocycles. The standard InChI is InChI=1S/C6H6N6/c7-5-1-9-6(10-2-5)12-4-8-3-11-12/h1-4H,7H2. The quantitative estimate of drug-likeness (QED) is 0.619. The van der Waals surface area contributed by atoms with Gasteiger partial charge >= 0.3 is 0 Å². The molecule has 2 N–H and O–H groups in total. The number of nitrogens with two attached hydrogens (primary N) is 1. The molecular weight excluding hydrogens is 156 g/mol. The SMILES string of the molecule is Nc1cnc(-n2cncn2)nc1. The number of anilines is 1. The summed E-state index contributed by atoms with van der Waals surface area (Å²) in [6.45, 7) is 0. The fourth-order valence-corrected chi connectivity index (χ4v) is 0.761. The van der Waals surface area contributed by atoms with Crippen LogP contribution in [0.25, 0.3) is 5.95 Å². The van der Waals surface area contributed by atoms with Gasteiger partial charge in [-0.3, -0.25) is 0 Å². The number of nitrogens with zero attached hydrogens (tertiary/aromatic N) is 5. The minimum Gasteiger partial charge on any atom is -0.396 e. The molecule has 0 radical (unpaired) electrons. The molecule has 2 aromatic rings. The van der Waals surface area contributed by atoms with Crippen LogP contribution in [0.15, 0.2) is 25.0 Å². The van der Waals surface area contributed by atoms with Crippen LogP contribution in [0.4, 0.5) is 5.69 Å². The average Bonchev–Trinajstić information content (AvgIpc) is 2.58. The van der Waals surface area contributed by atoms with Gasteiger partial charge in [-0.15, -0.1) is 0 Å². The van der Waals surface area contributed by atoms with E-state index in [-0.39, 0.29) is 0 Å². The van der Waals surface area contributed by atoms with Crippen molar-refractivity contribution in [3.8, 4) is 5.95 Å². The zero-order chi connectivity index (χ0) is 8.39. The second-order valence-corrected chi connectivity index (χ2v) is 2.16. The molecule has 0 bridgehead atoms. The van der Waals surface area contributed by atoms with Crippen LogP contribution in [-0.2, 0) is 0 Å². The molecule has 0 spiro atoms. The first-order valence-corrected chi connectivity index (χ1v) is 3.29. The Hall–Kier alpha value is -1.98. The van der Waals surface area contributed by atoms with Gasteiger partial charge in [0.1, 0.15) is 12.7 Å². The maximum absolute atomic E-state index is 5.41. The first-order valence-electron chi connectivity index (χ1n) is 3.29. The van der Waals surface area contributed by atoms with Crippen LogP contribution in [0.1, 0.15) is 0 Å². The maximum atomic E-state index is 5.41. The number of rotatable bonds is 1. The minimum absolute atomic E-state index is 0.460. The van der Waals surface area contributed by atoms with E-state index in [9.17, 15) is 0 Å². The van der Waals surface area contributed by atoms with Crippen molar-refractivity contribution < 1.29 is 0 Å². The van der Waals surface area contributed by atoms with Gasteiger partial charge in [0.05, 0.1) is 18.1 Å². The normalized spacial score (nSPS) is 10.0. The van der Waals surface area contributed by atoms with Crippen molar-refractivity contribution >= 4 is 5.69 Å².